The minimum absolute atomic E-state index is 0.180. The maximum atomic E-state index is 14.1. The Kier molecular flexibility index (Phi) is 4.51. The molecule has 0 aliphatic heterocycles. The fourth-order valence-corrected chi connectivity index (χ4v) is 2.29. The number of hydrogen-bond acceptors (Lipinski definition) is 4. The molecule has 6 nitrogen and oxygen atoms in total. The summed E-state index contributed by atoms with van der Waals surface area (Å²) >= 11 is 0. The van der Waals surface area contributed by atoms with Gasteiger partial charge in [0.1, 0.15) is 29.9 Å². The smallest absolute Gasteiger partial charge is 0.225 e. The van der Waals surface area contributed by atoms with Gasteiger partial charge < -0.3 is 10.4 Å². The molecule has 0 radical (unpaired) electrons. The average molecular weight is 310 g/mol. The molecule has 0 spiro atoms. The van der Waals surface area contributed by atoms with Crippen molar-refractivity contribution in [2.24, 2.45) is 5.92 Å². The van der Waals surface area contributed by atoms with Crippen LogP contribution in [0.3, 0.4) is 0 Å². The highest BCUT2D eigenvalue weighted by atomic mass is 19.1. The molecule has 118 valence electrons. The molecule has 22 heavy (non-hydrogen) atoms. The highest BCUT2D eigenvalue weighted by Gasteiger charge is 2.42. The van der Waals surface area contributed by atoms with Crippen LogP contribution in [-0.2, 0) is 16.9 Å². The van der Waals surface area contributed by atoms with Crippen LogP contribution in [0.5, 0.6) is 0 Å². The van der Waals surface area contributed by atoms with E-state index < -0.39 is 29.1 Å². The Morgan fingerprint density at radius 1 is 1.50 bits per heavy atom. The van der Waals surface area contributed by atoms with Crippen molar-refractivity contribution in [1.29, 1.82) is 0 Å². The molecule has 0 aliphatic rings. The minimum Gasteiger partial charge on any atom is -0.382 e. The van der Waals surface area contributed by atoms with Crippen molar-refractivity contribution in [1.82, 2.24) is 20.1 Å². The Morgan fingerprint density at radius 2 is 2.23 bits per heavy atom. The fraction of sp³-hybridized carbons (Fsp3) is 0.357. The molecule has 2 N–H and O–H groups in total. The molecule has 0 fully saturated rings. The van der Waals surface area contributed by atoms with Gasteiger partial charge >= 0.3 is 0 Å². The third-order valence-corrected chi connectivity index (χ3v) is 3.62. The molecular weight excluding hydrogens is 294 g/mol. The largest absolute Gasteiger partial charge is 0.382 e. The molecule has 2 unspecified atom stereocenters. The number of benzene rings is 1. The third kappa shape index (κ3) is 2.96. The zero-order chi connectivity index (χ0) is 16.3. The summed E-state index contributed by atoms with van der Waals surface area (Å²) in [5.41, 5.74) is -2.09. The number of aliphatic hydroxyl groups is 1. The summed E-state index contributed by atoms with van der Waals surface area (Å²) < 4.78 is 28.5. The van der Waals surface area contributed by atoms with E-state index in [0.717, 1.165) is 12.1 Å². The number of carbonyl (C=O) groups is 1. The predicted octanol–water partition coefficient (Wildman–Crippen LogP) is 0.826. The van der Waals surface area contributed by atoms with Gasteiger partial charge in [0.05, 0.1) is 12.5 Å². The quantitative estimate of drug-likeness (QED) is 0.857. The molecule has 1 aromatic carbocycles. The zero-order valence-electron chi connectivity index (χ0n) is 12.1. The molecule has 1 aromatic heterocycles. The summed E-state index contributed by atoms with van der Waals surface area (Å²) in [4.78, 5) is 15.7. The van der Waals surface area contributed by atoms with Crippen molar-refractivity contribution in [3.8, 4) is 0 Å². The lowest BCUT2D eigenvalue weighted by Crippen LogP contribution is -2.46. The second-order valence-corrected chi connectivity index (χ2v) is 4.98. The molecule has 0 bridgehead atoms. The molecule has 0 aliphatic carbocycles. The lowest BCUT2D eigenvalue weighted by atomic mass is 9.81. The number of nitrogens with one attached hydrogen (secondary N) is 1. The first-order valence-corrected chi connectivity index (χ1v) is 6.60. The van der Waals surface area contributed by atoms with E-state index in [0.29, 0.717) is 6.07 Å². The number of hydrogen-bond donors (Lipinski definition) is 2. The third-order valence-electron chi connectivity index (χ3n) is 3.62. The number of nitrogens with zero attached hydrogens (tertiary/aromatic N) is 3. The molecule has 0 saturated carbocycles. The molecule has 2 aromatic rings. The summed E-state index contributed by atoms with van der Waals surface area (Å²) in [6.07, 6.45) is 2.59. The van der Waals surface area contributed by atoms with Gasteiger partial charge in [0.25, 0.3) is 0 Å². The Balaban J connectivity index is 2.50. The molecule has 1 heterocycles. The summed E-state index contributed by atoms with van der Waals surface area (Å²) in [6, 6.07) is 2.82. The van der Waals surface area contributed by atoms with Gasteiger partial charge in [-0.3, -0.25) is 4.79 Å². The van der Waals surface area contributed by atoms with Gasteiger partial charge in [0.2, 0.25) is 5.91 Å². The van der Waals surface area contributed by atoms with E-state index >= 15 is 0 Å². The molecule has 0 saturated heterocycles. The first-order chi connectivity index (χ1) is 10.4. The summed E-state index contributed by atoms with van der Waals surface area (Å²) in [5.74, 6) is -3.18. The predicted molar refractivity (Wildman–Crippen MR) is 73.5 cm³/mol. The Hall–Kier alpha value is -2.35. The molecule has 2 atom stereocenters. The fourth-order valence-electron chi connectivity index (χ4n) is 2.29. The highest BCUT2D eigenvalue weighted by Crippen LogP contribution is 2.33. The zero-order valence-corrected chi connectivity index (χ0v) is 12.1. The first kappa shape index (κ1) is 16.0. The van der Waals surface area contributed by atoms with Crippen LogP contribution in [0.15, 0.2) is 30.9 Å². The van der Waals surface area contributed by atoms with Crippen LogP contribution >= 0.6 is 0 Å². The van der Waals surface area contributed by atoms with Gasteiger partial charge in [0.15, 0.2) is 0 Å². The average Bonchev–Trinajstić information content (AvgIpc) is 2.98. The highest BCUT2D eigenvalue weighted by molar-refractivity contribution is 5.79. The Labute approximate surface area is 125 Å². The van der Waals surface area contributed by atoms with Crippen molar-refractivity contribution in [2.45, 2.75) is 19.1 Å². The van der Waals surface area contributed by atoms with E-state index in [4.69, 9.17) is 0 Å². The Bertz CT molecular complexity index is 663. The lowest BCUT2D eigenvalue weighted by molar-refractivity contribution is -0.135. The summed E-state index contributed by atoms with van der Waals surface area (Å²) in [7, 11) is 1.41. The lowest BCUT2D eigenvalue weighted by Gasteiger charge is -2.33. The number of aromatic nitrogens is 3. The van der Waals surface area contributed by atoms with Crippen LogP contribution in [0.2, 0.25) is 0 Å². The SMILES string of the molecule is CNC(=O)C(C)C(O)(Cn1cncn1)c1ccc(F)cc1F. The standard InChI is InChI=1S/C14H16F2N4O2/c1-9(13(21)17-2)14(22,6-20-8-18-7-19-20)11-4-3-10(15)5-12(11)16/h3-5,7-9,22H,6H2,1-2H3,(H,17,21). The molecule has 2 rings (SSSR count). The van der Waals surface area contributed by atoms with Crippen molar-refractivity contribution < 1.29 is 18.7 Å². The van der Waals surface area contributed by atoms with Crippen LogP contribution < -0.4 is 5.32 Å². The van der Waals surface area contributed by atoms with Crippen molar-refractivity contribution in [3.63, 3.8) is 0 Å². The van der Waals surface area contributed by atoms with Crippen molar-refractivity contribution >= 4 is 5.91 Å². The van der Waals surface area contributed by atoms with E-state index in [9.17, 15) is 18.7 Å². The monoisotopic (exact) mass is 310 g/mol. The number of carbonyl (C=O) groups excluding carboxylic acids is 1. The van der Waals surface area contributed by atoms with Crippen LogP contribution in [0.25, 0.3) is 0 Å². The van der Waals surface area contributed by atoms with Gasteiger partial charge in [-0.25, -0.2) is 18.4 Å². The van der Waals surface area contributed by atoms with Gasteiger partial charge in [-0.1, -0.05) is 13.0 Å². The summed E-state index contributed by atoms with van der Waals surface area (Å²) in [5, 5.41) is 17.3. The van der Waals surface area contributed by atoms with Gasteiger partial charge in [-0.2, -0.15) is 5.10 Å². The van der Waals surface area contributed by atoms with Gasteiger partial charge in [-0.15, -0.1) is 0 Å². The Morgan fingerprint density at radius 3 is 2.77 bits per heavy atom. The maximum Gasteiger partial charge on any atom is 0.225 e. The van der Waals surface area contributed by atoms with E-state index in [1.165, 1.54) is 31.3 Å². The topological polar surface area (TPSA) is 80.0 Å². The number of rotatable bonds is 5. The molecular formula is C14H16F2N4O2. The second-order valence-electron chi connectivity index (χ2n) is 4.98. The van der Waals surface area contributed by atoms with E-state index in [-0.39, 0.29) is 12.1 Å². The second kappa shape index (κ2) is 6.18. The van der Waals surface area contributed by atoms with E-state index in [1.807, 2.05) is 0 Å². The molecule has 1 amide bonds. The van der Waals surface area contributed by atoms with Crippen LogP contribution in [0.4, 0.5) is 8.78 Å². The van der Waals surface area contributed by atoms with E-state index in [2.05, 4.69) is 15.4 Å². The van der Waals surface area contributed by atoms with Crippen LogP contribution in [0, 0.1) is 17.6 Å². The maximum absolute atomic E-state index is 14.1. The van der Waals surface area contributed by atoms with Crippen LogP contribution in [0.1, 0.15) is 12.5 Å². The number of halogens is 2. The van der Waals surface area contributed by atoms with Crippen molar-refractivity contribution in [2.75, 3.05) is 7.05 Å². The van der Waals surface area contributed by atoms with Gasteiger partial charge in [-0.05, 0) is 6.07 Å². The normalized spacial score (nSPS) is 15.1. The van der Waals surface area contributed by atoms with Gasteiger partial charge in [0, 0.05) is 18.7 Å². The van der Waals surface area contributed by atoms with Crippen molar-refractivity contribution in [3.05, 3.63) is 48.1 Å². The number of amides is 1. The molecule has 8 heteroatoms. The van der Waals surface area contributed by atoms with Crippen LogP contribution in [-0.4, -0.2) is 32.8 Å². The minimum atomic E-state index is -1.91. The van der Waals surface area contributed by atoms with E-state index in [1.54, 1.807) is 0 Å². The first-order valence-electron chi connectivity index (χ1n) is 6.60. The summed E-state index contributed by atoms with van der Waals surface area (Å²) in [6.45, 7) is 1.25.